The summed E-state index contributed by atoms with van der Waals surface area (Å²) in [4.78, 5) is 0. The molecule has 0 aromatic rings. The van der Waals surface area contributed by atoms with Crippen molar-refractivity contribution in [3.63, 3.8) is 0 Å². The standard InChI is InChI=1S/C12H17F7O.CH3FO2S/c1-3-8-4-7(2)5-9(11(8,16)17)12(18,19)20-10(14,15)6-13;1-5(2,3)4/h7-9H,3-6H2,1-2H3;1H3. The molecule has 0 aliphatic heterocycles. The van der Waals surface area contributed by atoms with Gasteiger partial charge in [0.2, 0.25) is 0 Å². The number of ether oxygens (including phenoxy) is 1. The van der Waals surface area contributed by atoms with Gasteiger partial charge in [0.25, 0.3) is 16.1 Å². The van der Waals surface area contributed by atoms with Crippen LogP contribution in [-0.4, -0.2) is 39.5 Å². The molecular weight excluding hydrogens is 388 g/mol. The minimum absolute atomic E-state index is 0.0373. The maximum atomic E-state index is 14.0. The fourth-order valence-electron chi connectivity index (χ4n) is 2.68. The summed E-state index contributed by atoms with van der Waals surface area (Å²) in [7, 11) is -4.17. The summed E-state index contributed by atoms with van der Waals surface area (Å²) in [6.07, 6.45) is -9.74. The van der Waals surface area contributed by atoms with E-state index in [2.05, 4.69) is 4.74 Å². The molecule has 0 radical (unpaired) electrons. The Morgan fingerprint density at radius 2 is 1.60 bits per heavy atom. The second-order valence-electron chi connectivity index (χ2n) is 6.03. The monoisotopic (exact) mass is 408 g/mol. The van der Waals surface area contributed by atoms with Gasteiger partial charge in [-0.3, -0.25) is 4.74 Å². The molecule has 0 spiro atoms. The van der Waals surface area contributed by atoms with Crippen LogP contribution < -0.4 is 0 Å². The topological polar surface area (TPSA) is 43.4 Å². The zero-order valence-corrected chi connectivity index (χ0v) is 14.5. The third kappa shape index (κ3) is 8.06. The molecule has 12 heteroatoms. The molecular formula is C13H20F8O3S. The lowest BCUT2D eigenvalue weighted by Gasteiger charge is -2.43. The van der Waals surface area contributed by atoms with E-state index < -0.39 is 59.2 Å². The van der Waals surface area contributed by atoms with E-state index in [1.165, 1.54) is 13.8 Å². The van der Waals surface area contributed by atoms with Crippen molar-refractivity contribution in [3.05, 3.63) is 0 Å². The summed E-state index contributed by atoms with van der Waals surface area (Å²) in [5.74, 6) is -8.32. The first-order valence-electron chi connectivity index (χ1n) is 7.25. The van der Waals surface area contributed by atoms with Crippen molar-refractivity contribution in [1.29, 1.82) is 0 Å². The van der Waals surface area contributed by atoms with E-state index >= 15 is 0 Å². The predicted octanol–water partition coefficient (Wildman–Crippen LogP) is 4.78. The summed E-state index contributed by atoms with van der Waals surface area (Å²) in [6, 6.07) is 0. The van der Waals surface area contributed by atoms with Gasteiger partial charge in [0.1, 0.15) is 5.92 Å². The minimum Gasteiger partial charge on any atom is -0.253 e. The lowest BCUT2D eigenvalue weighted by molar-refractivity contribution is -0.416. The van der Waals surface area contributed by atoms with Crippen LogP contribution in [0.1, 0.15) is 33.1 Å². The zero-order valence-electron chi connectivity index (χ0n) is 13.7. The van der Waals surface area contributed by atoms with Gasteiger partial charge in [-0.1, -0.05) is 13.8 Å². The Bertz CT molecular complexity index is 515. The van der Waals surface area contributed by atoms with Gasteiger partial charge in [-0.05, 0) is 25.2 Å². The van der Waals surface area contributed by atoms with Crippen LogP contribution >= 0.6 is 0 Å². The van der Waals surface area contributed by atoms with E-state index in [-0.39, 0.29) is 12.8 Å². The lowest BCUT2D eigenvalue weighted by Crippen LogP contribution is -2.53. The van der Waals surface area contributed by atoms with Crippen LogP contribution in [0.2, 0.25) is 0 Å². The van der Waals surface area contributed by atoms with Gasteiger partial charge >= 0.3 is 12.2 Å². The molecule has 1 aliphatic rings. The smallest absolute Gasteiger partial charge is 0.253 e. The summed E-state index contributed by atoms with van der Waals surface area (Å²) >= 11 is 0. The molecule has 3 atom stereocenters. The molecule has 0 bridgehead atoms. The van der Waals surface area contributed by atoms with Crippen molar-refractivity contribution < 1.29 is 47.8 Å². The summed E-state index contributed by atoms with van der Waals surface area (Å²) in [5, 5.41) is 0. The predicted molar refractivity (Wildman–Crippen MR) is 73.5 cm³/mol. The van der Waals surface area contributed by atoms with Gasteiger partial charge in [-0.2, -0.15) is 26.0 Å². The number of hydrogen-bond acceptors (Lipinski definition) is 3. The minimum atomic E-state index is -4.79. The highest BCUT2D eigenvalue weighted by atomic mass is 32.3. The summed E-state index contributed by atoms with van der Waals surface area (Å²) in [6.45, 7) is 0.421. The Kier molecular flexibility index (Phi) is 8.14. The SMILES string of the molecule is CCC1CC(C)CC(C(F)(F)OC(F)(F)CF)C1(F)F.CS(=O)(=O)F. The Balaban J connectivity index is 0.00000101. The second kappa shape index (κ2) is 8.36. The lowest BCUT2D eigenvalue weighted by atomic mass is 9.71. The molecule has 1 aliphatic carbocycles. The molecule has 0 aromatic carbocycles. The number of alkyl halides is 7. The first-order valence-corrected chi connectivity index (χ1v) is 9.04. The molecule has 0 saturated heterocycles. The van der Waals surface area contributed by atoms with Crippen LogP contribution in [-0.2, 0) is 15.0 Å². The van der Waals surface area contributed by atoms with Crippen molar-refractivity contribution >= 4 is 10.2 Å². The largest absolute Gasteiger partial charge is 0.388 e. The van der Waals surface area contributed by atoms with Gasteiger partial charge in [0.05, 0.1) is 6.26 Å². The van der Waals surface area contributed by atoms with E-state index in [0.29, 0.717) is 6.26 Å². The molecule has 0 amide bonds. The Labute approximate surface area is 140 Å². The van der Waals surface area contributed by atoms with Crippen LogP contribution in [0.3, 0.4) is 0 Å². The van der Waals surface area contributed by atoms with Crippen molar-refractivity contribution in [2.24, 2.45) is 17.8 Å². The Morgan fingerprint density at radius 1 is 1.16 bits per heavy atom. The molecule has 1 saturated carbocycles. The fraction of sp³-hybridized carbons (Fsp3) is 1.00. The highest BCUT2D eigenvalue weighted by molar-refractivity contribution is 7.85. The molecule has 25 heavy (non-hydrogen) atoms. The first kappa shape index (κ1) is 24.4. The maximum Gasteiger partial charge on any atom is 0.388 e. The van der Waals surface area contributed by atoms with E-state index in [0.717, 1.165) is 0 Å². The fourth-order valence-corrected chi connectivity index (χ4v) is 2.68. The van der Waals surface area contributed by atoms with Gasteiger partial charge in [-0.25, -0.2) is 13.2 Å². The van der Waals surface area contributed by atoms with Gasteiger partial charge in [-0.15, -0.1) is 3.89 Å². The van der Waals surface area contributed by atoms with Crippen LogP contribution in [0.4, 0.5) is 34.6 Å². The number of rotatable bonds is 5. The van der Waals surface area contributed by atoms with E-state index in [4.69, 9.17) is 8.42 Å². The molecule has 0 aromatic heterocycles. The van der Waals surface area contributed by atoms with E-state index in [1.54, 1.807) is 0 Å². The van der Waals surface area contributed by atoms with Crippen molar-refractivity contribution in [1.82, 2.24) is 0 Å². The Morgan fingerprint density at radius 3 is 1.96 bits per heavy atom. The highest BCUT2D eigenvalue weighted by Crippen LogP contribution is 2.53. The molecule has 152 valence electrons. The molecule has 1 fully saturated rings. The maximum absolute atomic E-state index is 14.0. The summed E-state index contributed by atoms with van der Waals surface area (Å²) < 4.78 is 124. The molecule has 1 rings (SSSR count). The first-order chi connectivity index (χ1) is 11.0. The van der Waals surface area contributed by atoms with Gasteiger partial charge < -0.3 is 0 Å². The Hall–Kier alpha value is -0.650. The average molecular weight is 408 g/mol. The second-order valence-corrected chi connectivity index (χ2v) is 7.39. The van der Waals surface area contributed by atoms with Crippen molar-refractivity contribution in [2.45, 2.75) is 51.2 Å². The number of halogens is 8. The third-order valence-electron chi connectivity index (χ3n) is 3.67. The highest BCUT2D eigenvalue weighted by Gasteiger charge is 2.63. The van der Waals surface area contributed by atoms with Crippen LogP contribution in [0.5, 0.6) is 0 Å². The van der Waals surface area contributed by atoms with Crippen LogP contribution in [0.25, 0.3) is 0 Å². The molecule has 3 nitrogen and oxygen atoms in total. The third-order valence-corrected chi connectivity index (χ3v) is 3.67. The quantitative estimate of drug-likeness (QED) is 0.486. The average Bonchev–Trinajstić information content (AvgIpc) is 2.37. The van der Waals surface area contributed by atoms with Gasteiger partial charge in [0, 0.05) is 5.92 Å². The number of hydrogen-bond donors (Lipinski definition) is 0. The normalized spacial score (nSPS) is 27.4. The van der Waals surface area contributed by atoms with E-state index in [9.17, 15) is 34.6 Å². The summed E-state index contributed by atoms with van der Waals surface area (Å²) in [5.41, 5.74) is 0. The molecule has 0 heterocycles. The van der Waals surface area contributed by atoms with Crippen LogP contribution in [0.15, 0.2) is 0 Å². The molecule has 3 unspecified atom stereocenters. The molecule has 0 N–H and O–H groups in total. The van der Waals surface area contributed by atoms with Crippen LogP contribution in [0, 0.1) is 17.8 Å². The van der Waals surface area contributed by atoms with Gasteiger partial charge in [0.15, 0.2) is 6.67 Å². The van der Waals surface area contributed by atoms with Crippen molar-refractivity contribution in [2.75, 3.05) is 12.9 Å². The van der Waals surface area contributed by atoms with E-state index in [1.807, 2.05) is 0 Å². The zero-order chi connectivity index (χ0) is 20.3. The van der Waals surface area contributed by atoms with Crippen molar-refractivity contribution in [3.8, 4) is 0 Å².